The molecule has 1 aliphatic rings. The fourth-order valence-electron chi connectivity index (χ4n) is 2.28. The van der Waals surface area contributed by atoms with Gasteiger partial charge in [0, 0.05) is 18.8 Å². The van der Waals surface area contributed by atoms with Crippen LogP contribution in [-0.2, 0) is 10.0 Å². The number of nitrogens with zero attached hydrogens (tertiary/aromatic N) is 1. The van der Waals surface area contributed by atoms with Crippen molar-refractivity contribution < 1.29 is 13.2 Å². The Kier molecular flexibility index (Phi) is 3.77. The van der Waals surface area contributed by atoms with Crippen LogP contribution in [0.1, 0.15) is 17.9 Å². The van der Waals surface area contributed by atoms with Crippen LogP contribution in [-0.4, -0.2) is 38.1 Å². The van der Waals surface area contributed by atoms with Crippen LogP contribution in [0.2, 0.25) is 0 Å². The van der Waals surface area contributed by atoms with Gasteiger partial charge in [0.15, 0.2) is 0 Å². The van der Waals surface area contributed by atoms with Crippen molar-refractivity contribution in [1.29, 1.82) is 0 Å². The van der Waals surface area contributed by atoms with Crippen molar-refractivity contribution in [3.05, 3.63) is 29.8 Å². The minimum absolute atomic E-state index is 0.206. The first-order valence-electron chi connectivity index (χ1n) is 5.98. The first-order valence-corrected chi connectivity index (χ1v) is 7.82. The van der Waals surface area contributed by atoms with E-state index in [2.05, 4.69) is 5.32 Å². The Bertz CT molecular complexity index is 568. The summed E-state index contributed by atoms with van der Waals surface area (Å²) in [5.74, 6) is 0.206. The van der Waals surface area contributed by atoms with Gasteiger partial charge >= 0.3 is 6.03 Å². The average molecular weight is 283 g/mol. The van der Waals surface area contributed by atoms with E-state index >= 15 is 0 Å². The molecule has 19 heavy (non-hydrogen) atoms. The largest absolute Gasteiger partial charge is 0.351 e. The van der Waals surface area contributed by atoms with E-state index in [4.69, 9.17) is 5.73 Å². The second-order valence-corrected chi connectivity index (χ2v) is 6.70. The predicted octanol–water partition coefficient (Wildman–Crippen LogP) is 0.926. The summed E-state index contributed by atoms with van der Waals surface area (Å²) in [6.45, 7) is 1.08. The van der Waals surface area contributed by atoms with Gasteiger partial charge in [-0.05, 0) is 30.0 Å². The van der Waals surface area contributed by atoms with Crippen LogP contribution in [0.3, 0.4) is 0 Å². The lowest BCUT2D eigenvalue weighted by molar-refractivity contribution is 0.259. The smallest absolute Gasteiger partial charge is 0.316 e. The van der Waals surface area contributed by atoms with Crippen LogP contribution < -0.4 is 11.1 Å². The summed E-state index contributed by atoms with van der Waals surface area (Å²) in [5.41, 5.74) is 6.73. The third-order valence-corrected chi connectivity index (χ3v) is 4.54. The van der Waals surface area contributed by atoms with Gasteiger partial charge < -0.3 is 11.1 Å². The summed E-state index contributed by atoms with van der Waals surface area (Å²) in [6, 6.07) is 6.72. The summed E-state index contributed by atoms with van der Waals surface area (Å²) >= 11 is 0. The van der Waals surface area contributed by atoms with E-state index in [1.165, 1.54) is 10.6 Å². The molecule has 1 aromatic rings. The van der Waals surface area contributed by atoms with Gasteiger partial charge in [-0.2, -0.15) is 0 Å². The fourth-order valence-corrected chi connectivity index (χ4v) is 3.17. The van der Waals surface area contributed by atoms with Crippen LogP contribution in [0.15, 0.2) is 24.3 Å². The van der Waals surface area contributed by atoms with E-state index in [1.807, 2.05) is 12.1 Å². The van der Waals surface area contributed by atoms with Crippen LogP contribution in [0.5, 0.6) is 0 Å². The van der Waals surface area contributed by atoms with Gasteiger partial charge in [-0.3, -0.25) is 0 Å². The number of anilines is 1. The summed E-state index contributed by atoms with van der Waals surface area (Å²) in [6.07, 6.45) is 2.05. The monoisotopic (exact) mass is 283 g/mol. The third kappa shape index (κ3) is 3.45. The van der Waals surface area contributed by atoms with Crippen molar-refractivity contribution >= 4 is 21.7 Å². The number of primary amides is 1. The molecule has 104 valence electrons. The lowest BCUT2D eigenvalue weighted by Crippen LogP contribution is -2.27. The number of urea groups is 1. The van der Waals surface area contributed by atoms with Crippen LogP contribution in [0.25, 0.3) is 0 Å². The highest BCUT2D eigenvalue weighted by molar-refractivity contribution is 7.88. The molecule has 1 aromatic carbocycles. The van der Waals surface area contributed by atoms with Crippen molar-refractivity contribution in [1.82, 2.24) is 4.31 Å². The molecule has 3 N–H and O–H groups in total. The highest BCUT2D eigenvalue weighted by Crippen LogP contribution is 2.29. The molecule has 0 spiro atoms. The van der Waals surface area contributed by atoms with Crippen molar-refractivity contribution in [2.24, 2.45) is 5.73 Å². The number of amides is 2. The Labute approximate surface area is 112 Å². The molecular formula is C12H17N3O3S. The van der Waals surface area contributed by atoms with Gasteiger partial charge in [-0.1, -0.05) is 12.1 Å². The third-order valence-electron chi connectivity index (χ3n) is 3.27. The van der Waals surface area contributed by atoms with Crippen LogP contribution in [0.4, 0.5) is 10.5 Å². The fraction of sp³-hybridized carbons (Fsp3) is 0.417. The SMILES string of the molecule is CS(=O)(=O)N1CCC(c2ccc(NC(N)=O)cc2)C1. The van der Waals surface area contributed by atoms with Gasteiger partial charge in [-0.25, -0.2) is 17.5 Å². The predicted molar refractivity (Wildman–Crippen MR) is 73.4 cm³/mol. The molecule has 1 aliphatic heterocycles. The maximum atomic E-state index is 11.5. The number of carbonyl (C=O) groups excluding carboxylic acids is 1. The molecule has 1 heterocycles. The topological polar surface area (TPSA) is 92.5 Å². The zero-order chi connectivity index (χ0) is 14.0. The second-order valence-electron chi connectivity index (χ2n) is 4.72. The Morgan fingerprint density at radius 1 is 1.37 bits per heavy atom. The Morgan fingerprint density at radius 2 is 2.00 bits per heavy atom. The van der Waals surface area contributed by atoms with Gasteiger partial charge in [0.1, 0.15) is 0 Å². The quantitative estimate of drug-likeness (QED) is 0.864. The summed E-state index contributed by atoms with van der Waals surface area (Å²) in [7, 11) is -3.11. The number of hydrogen-bond acceptors (Lipinski definition) is 3. The molecule has 1 fully saturated rings. The molecule has 0 radical (unpaired) electrons. The highest BCUT2D eigenvalue weighted by atomic mass is 32.2. The van der Waals surface area contributed by atoms with Gasteiger partial charge in [0.2, 0.25) is 10.0 Å². The minimum Gasteiger partial charge on any atom is -0.351 e. The van der Waals surface area contributed by atoms with E-state index in [0.29, 0.717) is 18.8 Å². The molecular weight excluding hydrogens is 266 g/mol. The number of hydrogen-bond donors (Lipinski definition) is 2. The molecule has 0 aliphatic carbocycles. The Hall–Kier alpha value is -1.60. The molecule has 1 unspecified atom stereocenters. The van der Waals surface area contributed by atoms with Gasteiger partial charge in [0.25, 0.3) is 0 Å². The highest BCUT2D eigenvalue weighted by Gasteiger charge is 2.29. The first-order chi connectivity index (χ1) is 8.86. The standard InChI is InChI=1S/C12H17N3O3S/c1-19(17,18)15-7-6-10(8-15)9-2-4-11(5-3-9)14-12(13)16/h2-5,10H,6-8H2,1H3,(H3,13,14,16). The van der Waals surface area contributed by atoms with E-state index in [9.17, 15) is 13.2 Å². The average Bonchev–Trinajstić information content (AvgIpc) is 2.78. The maximum Gasteiger partial charge on any atom is 0.316 e. The normalized spacial score (nSPS) is 20.4. The molecule has 2 rings (SSSR count). The maximum absolute atomic E-state index is 11.5. The van der Waals surface area contributed by atoms with E-state index in [-0.39, 0.29) is 5.92 Å². The molecule has 1 atom stereocenters. The molecule has 0 aromatic heterocycles. The van der Waals surface area contributed by atoms with E-state index in [1.54, 1.807) is 12.1 Å². The van der Waals surface area contributed by atoms with Gasteiger partial charge in [-0.15, -0.1) is 0 Å². The van der Waals surface area contributed by atoms with E-state index < -0.39 is 16.1 Å². The number of nitrogens with one attached hydrogen (secondary N) is 1. The first kappa shape index (κ1) is 13.8. The van der Waals surface area contributed by atoms with Crippen molar-refractivity contribution in [3.8, 4) is 0 Å². The molecule has 0 saturated carbocycles. The van der Waals surface area contributed by atoms with Crippen molar-refractivity contribution in [3.63, 3.8) is 0 Å². The van der Waals surface area contributed by atoms with Crippen molar-refractivity contribution in [2.45, 2.75) is 12.3 Å². The Morgan fingerprint density at radius 3 is 2.47 bits per heavy atom. The second kappa shape index (κ2) is 5.18. The zero-order valence-corrected chi connectivity index (χ0v) is 11.5. The number of rotatable bonds is 3. The number of nitrogens with two attached hydrogens (primary N) is 1. The Balaban J connectivity index is 2.06. The minimum atomic E-state index is -3.11. The number of carbonyl (C=O) groups is 1. The molecule has 7 heteroatoms. The van der Waals surface area contributed by atoms with Crippen LogP contribution >= 0.6 is 0 Å². The van der Waals surface area contributed by atoms with E-state index in [0.717, 1.165) is 12.0 Å². The summed E-state index contributed by atoms with van der Waals surface area (Å²) in [5, 5.41) is 2.49. The molecule has 0 bridgehead atoms. The van der Waals surface area contributed by atoms with Gasteiger partial charge in [0.05, 0.1) is 6.26 Å². The summed E-state index contributed by atoms with van der Waals surface area (Å²) < 4.78 is 24.4. The molecule has 6 nitrogen and oxygen atoms in total. The molecule has 2 amide bonds. The molecule has 1 saturated heterocycles. The number of sulfonamides is 1. The zero-order valence-electron chi connectivity index (χ0n) is 10.7. The lowest BCUT2D eigenvalue weighted by atomic mass is 9.98. The summed E-state index contributed by atoms with van der Waals surface area (Å²) in [4.78, 5) is 10.7. The number of benzene rings is 1. The van der Waals surface area contributed by atoms with Crippen molar-refractivity contribution in [2.75, 3.05) is 24.7 Å². The van der Waals surface area contributed by atoms with Crippen LogP contribution in [0, 0.1) is 0 Å². The lowest BCUT2D eigenvalue weighted by Gasteiger charge is -2.14.